The van der Waals surface area contributed by atoms with Crippen LogP contribution in [0.25, 0.3) is 11.1 Å². The van der Waals surface area contributed by atoms with Crippen LogP contribution in [0, 0.1) is 5.41 Å². The molecule has 5 rings (SSSR count). The Morgan fingerprint density at radius 2 is 2.03 bits per heavy atom. The maximum Gasteiger partial charge on any atom is 0.153 e. The molecule has 1 aromatic carbocycles. The molecule has 0 saturated heterocycles. The molecule has 0 amide bonds. The zero-order valence-electron chi connectivity index (χ0n) is 19.9. The summed E-state index contributed by atoms with van der Waals surface area (Å²) in [6.07, 6.45) is 7.40. The van der Waals surface area contributed by atoms with Crippen LogP contribution in [0.3, 0.4) is 0 Å². The molecule has 0 radical (unpaired) electrons. The van der Waals surface area contributed by atoms with E-state index in [9.17, 15) is 4.79 Å². The number of fused-ring (bicyclic) bond motifs is 2. The molecule has 1 aliphatic heterocycles. The zero-order valence-corrected chi connectivity index (χ0v) is 19.9. The first-order chi connectivity index (χ1) is 16.5. The number of ether oxygens (including phenoxy) is 1. The highest BCUT2D eigenvalue weighted by Crippen LogP contribution is 2.39. The number of nitrogens with zero attached hydrogens (tertiary/aromatic N) is 4. The van der Waals surface area contributed by atoms with Crippen molar-refractivity contribution in [3.05, 3.63) is 59.2 Å². The van der Waals surface area contributed by atoms with Crippen molar-refractivity contribution in [2.24, 2.45) is 5.41 Å². The Morgan fingerprint density at radius 3 is 2.85 bits per heavy atom. The summed E-state index contributed by atoms with van der Waals surface area (Å²) < 4.78 is 6.10. The number of hydrazine groups is 1. The standard InChI is InChI=1S/C26H30N6O2/c1-26(2)7-6-22-21(12-26)25(30-16-29-22)32-8-9-34-23-5-4-17(10-19(23)14-32)18-11-20(15-33)24(28-13-18)31-27-3/h4-5,10-11,13,15-16,27H,6-9,12,14H2,1-3H3,(H,28,31). The number of rotatable bonds is 5. The van der Waals surface area contributed by atoms with Gasteiger partial charge in [-0.15, -0.1) is 0 Å². The van der Waals surface area contributed by atoms with Crippen LogP contribution < -0.4 is 20.5 Å². The van der Waals surface area contributed by atoms with Crippen LogP contribution in [0.2, 0.25) is 0 Å². The molecule has 8 heteroatoms. The van der Waals surface area contributed by atoms with E-state index >= 15 is 0 Å². The first kappa shape index (κ1) is 22.3. The van der Waals surface area contributed by atoms with Crippen LogP contribution in [0.15, 0.2) is 36.8 Å². The summed E-state index contributed by atoms with van der Waals surface area (Å²) >= 11 is 0. The molecule has 0 unspecified atom stereocenters. The van der Waals surface area contributed by atoms with Gasteiger partial charge in [0, 0.05) is 42.2 Å². The van der Waals surface area contributed by atoms with Crippen LogP contribution in [-0.2, 0) is 19.4 Å². The summed E-state index contributed by atoms with van der Waals surface area (Å²) in [4.78, 5) is 27.6. The number of pyridine rings is 1. The van der Waals surface area contributed by atoms with E-state index in [2.05, 4.69) is 45.6 Å². The summed E-state index contributed by atoms with van der Waals surface area (Å²) in [6, 6.07) is 8.00. The smallest absolute Gasteiger partial charge is 0.153 e. The normalized spacial score (nSPS) is 16.6. The summed E-state index contributed by atoms with van der Waals surface area (Å²) in [5.41, 5.74) is 11.8. The summed E-state index contributed by atoms with van der Waals surface area (Å²) in [6.45, 7) is 6.68. The third-order valence-electron chi connectivity index (χ3n) is 6.67. The molecule has 0 saturated carbocycles. The molecular weight excluding hydrogens is 428 g/mol. The molecule has 3 heterocycles. The predicted molar refractivity (Wildman–Crippen MR) is 132 cm³/mol. The van der Waals surface area contributed by atoms with Crippen molar-refractivity contribution >= 4 is 17.9 Å². The van der Waals surface area contributed by atoms with Gasteiger partial charge in [0.05, 0.1) is 12.1 Å². The lowest BCUT2D eigenvalue weighted by molar-refractivity contribution is 0.112. The number of hydrogen-bond acceptors (Lipinski definition) is 8. The van der Waals surface area contributed by atoms with E-state index in [4.69, 9.17) is 9.72 Å². The van der Waals surface area contributed by atoms with Crippen LogP contribution >= 0.6 is 0 Å². The molecule has 2 N–H and O–H groups in total. The van der Waals surface area contributed by atoms with Gasteiger partial charge in [-0.1, -0.05) is 19.9 Å². The molecule has 1 aliphatic carbocycles. The van der Waals surface area contributed by atoms with Crippen molar-refractivity contribution < 1.29 is 9.53 Å². The molecule has 2 aliphatic rings. The summed E-state index contributed by atoms with van der Waals surface area (Å²) in [5.74, 6) is 2.40. The summed E-state index contributed by atoms with van der Waals surface area (Å²) in [5, 5.41) is 0. The topological polar surface area (TPSA) is 92.3 Å². The minimum atomic E-state index is 0.248. The van der Waals surface area contributed by atoms with E-state index < -0.39 is 0 Å². The highest BCUT2D eigenvalue weighted by molar-refractivity contribution is 5.85. The highest BCUT2D eigenvalue weighted by atomic mass is 16.5. The van der Waals surface area contributed by atoms with Crippen molar-refractivity contribution in [2.45, 2.75) is 39.7 Å². The van der Waals surface area contributed by atoms with Gasteiger partial charge in [-0.2, -0.15) is 0 Å². The van der Waals surface area contributed by atoms with Crippen LogP contribution in [-0.4, -0.2) is 41.4 Å². The Kier molecular flexibility index (Phi) is 5.91. The fourth-order valence-corrected chi connectivity index (χ4v) is 4.84. The quantitative estimate of drug-likeness (QED) is 0.441. The van der Waals surface area contributed by atoms with Gasteiger partial charge >= 0.3 is 0 Å². The molecule has 3 aromatic rings. The Bertz CT molecular complexity index is 1230. The lowest BCUT2D eigenvalue weighted by atomic mass is 9.76. The molecule has 0 bridgehead atoms. The lowest BCUT2D eigenvalue weighted by Gasteiger charge is -2.33. The third kappa shape index (κ3) is 4.33. The number of anilines is 2. The average Bonchev–Trinajstić information content (AvgIpc) is 3.05. The minimum absolute atomic E-state index is 0.248. The van der Waals surface area contributed by atoms with E-state index in [1.807, 2.05) is 18.2 Å². The second kappa shape index (κ2) is 9.02. The van der Waals surface area contributed by atoms with E-state index in [0.29, 0.717) is 24.5 Å². The predicted octanol–water partition coefficient (Wildman–Crippen LogP) is 3.81. The fourth-order valence-electron chi connectivity index (χ4n) is 4.84. The molecule has 0 atom stereocenters. The Hall–Kier alpha value is -3.52. The maximum absolute atomic E-state index is 11.6. The Morgan fingerprint density at radius 1 is 1.15 bits per heavy atom. The second-order valence-corrected chi connectivity index (χ2v) is 9.71. The van der Waals surface area contributed by atoms with Gasteiger partial charge < -0.3 is 15.1 Å². The average molecular weight is 459 g/mol. The van der Waals surface area contributed by atoms with Crippen molar-refractivity contribution in [3.8, 4) is 16.9 Å². The van der Waals surface area contributed by atoms with E-state index in [-0.39, 0.29) is 5.41 Å². The zero-order chi connectivity index (χ0) is 23.7. The second-order valence-electron chi connectivity index (χ2n) is 9.71. The fraction of sp³-hybridized carbons (Fsp3) is 0.385. The Balaban J connectivity index is 1.48. The number of hydrogen-bond donors (Lipinski definition) is 2. The number of aromatic nitrogens is 3. The largest absolute Gasteiger partial charge is 0.491 e. The van der Waals surface area contributed by atoms with Crippen molar-refractivity contribution in [2.75, 3.05) is 30.5 Å². The molecule has 2 aromatic heterocycles. The number of nitrogens with one attached hydrogen (secondary N) is 2. The van der Waals surface area contributed by atoms with E-state index in [0.717, 1.165) is 60.4 Å². The molecular formula is C26H30N6O2. The third-order valence-corrected chi connectivity index (χ3v) is 6.67. The van der Waals surface area contributed by atoms with Gasteiger partial charge in [0.25, 0.3) is 0 Å². The summed E-state index contributed by atoms with van der Waals surface area (Å²) in [7, 11) is 1.73. The molecule has 0 fully saturated rings. The number of carbonyl (C=O) groups excluding carboxylic acids is 1. The minimum Gasteiger partial charge on any atom is -0.491 e. The van der Waals surface area contributed by atoms with E-state index in [1.54, 1.807) is 19.6 Å². The van der Waals surface area contributed by atoms with Gasteiger partial charge in [0.15, 0.2) is 12.1 Å². The van der Waals surface area contributed by atoms with Crippen molar-refractivity contribution in [3.63, 3.8) is 0 Å². The SMILES string of the molecule is CNNc1ncc(-c2ccc3c(c2)CN(c2ncnc4c2CC(C)(C)CC4)CCO3)cc1C=O. The molecule has 34 heavy (non-hydrogen) atoms. The van der Waals surface area contributed by atoms with Gasteiger partial charge in [-0.3, -0.25) is 4.79 Å². The molecule has 8 nitrogen and oxygen atoms in total. The van der Waals surface area contributed by atoms with Crippen LogP contribution in [0.5, 0.6) is 5.75 Å². The van der Waals surface area contributed by atoms with Crippen molar-refractivity contribution in [1.82, 2.24) is 20.4 Å². The molecule has 176 valence electrons. The number of carbonyl (C=O) groups is 1. The number of aryl methyl sites for hydroxylation is 1. The van der Waals surface area contributed by atoms with Crippen molar-refractivity contribution in [1.29, 1.82) is 0 Å². The highest BCUT2D eigenvalue weighted by Gasteiger charge is 2.30. The van der Waals surface area contributed by atoms with Gasteiger partial charge in [-0.25, -0.2) is 20.4 Å². The van der Waals surface area contributed by atoms with Gasteiger partial charge in [0.1, 0.15) is 24.5 Å². The van der Waals surface area contributed by atoms with E-state index in [1.165, 1.54) is 11.3 Å². The number of aldehydes is 1. The first-order valence-corrected chi connectivity index (χ1v) is 11.7. The van der Waals surface area contributed by atoms with Crippen LogP contribution in [0.1, 0.15) is 47.4 Å². The number of benzene rings is 1. The maximum atomic E-state index is 11.6. The van der Waals surface area contributed by atoms with Gasteiger partial charge in [-0.05, 0) is 48.4 Å². The first-order valence-electron chi connectivity index (χ1n) is 11.7. The Labute approximate surface area is 199 Å². The lowest BCUT2D eigenvalue weighted by Crippen LogP contribution is -2.31. The molecule has 0 spiro atoms. The van der Waals surface area contributed by atoms with Gasteiger partial charge in [0.2, 0.25) is 0 Å². The monoisotopic (exact) mass is 458 g/mol. The van der Waals surface area contributed by atoms with Crippen LogP contribution in [0.4, 0.5) is 11.6 Å².